The van der Waals surface area contributed by atoms with E-state index in [9.17, 15) is 54.2 Å². The Labute approximate surface area is 344 Å². The van der Waals surface area contributed by atoms with Crippen molar-refractivity contribution in [3.63, 3.8) is 0 Å². The molecule has 0 aromatic carbocycles. The maximum Gasteiger partial charge on any atom is 0.331 e. The zero-order valence-electron chi connectivity index (χ0n) is 35.3. The first-order valence-electron chi connectivity index (χ1n) is 20.7. The van der Waals surface area contributed by atoms with Gasteiger partial charge in [0.05, 0.1) is 12.6 Å². The van der Waals surface area contributed by atoms with Gasteiger partial charge in [-0.25, -0.2) is 25.8 Å². The van der Waals surface area contributed by atoms with Crippen molar-refractivity contribution in [3.05, 3.63) is 0 Å². The van der Waals surface area contributed by atoms with Gasteiger partial charge in [-0.2, -0.15) is 0 Å². The van der Waals surface area contributed by atoms with Crippen molar-refractivity contribution in [1.82, 2.24) is 41.6 Å². The average molecular weight is 841 g/mol. The fourth-order valence-corrected chi connectivity index (χ4v) is 7.87. The molecule has 11 unspecified atom stereocenters. The zero-order valence-corrected chi connectivity index (χ0v) is 35.3. The largest absolute Gasteiger partial charge is 0.458 e. The van der Waals surface area contributed by atoms with Crippen molar-refractivity contribution in [3.8, 4) is 0 Å². The summed E-state index contributed by atoms with van der Waals surface area (Å²) in [6.45, 7) is 12.1. The van der Waals surface area contributed by atoms with Gasteiger partial charge in [0.25, 0.3) is 29.5 Å². The minimum atomic E-state index is -2.70. The lowest BCUT2D eigenvalue weighted by Gasteiger charge is -2.47. The molecule has 11 atom stereocenters. The quantitative estimate of drug-likeness (QED) is 0.114. The van der Waals surface area contributed by atoms with E-state index in [2.05, 4.69) is 35.3 Å². The maximum atomic E-state index is 14.8. The van der Waals surface area contributed by atoms with E-state index in [-0.39, 0.29) is 48.4 Å². The molecule has 0 spiro atoms. The Bertz CT molecular complexity index is 1580. The minimum Gasteiger partial charge on any atom is -0.458 e. The number of fused-ring (bicyclic) bond motifs is 2. The third kappa shape index (κ3) is 10.3. The van der Waals surface area contributed by atoms with Crippen LogP contribution in [0.4, 0.5) is 0 Å². The first kappa shape index (κ1) is 47.7. The van der Waals surface area contributed by atoms with Gasteiger partial charge in [0.1, 0.15) is 30.3 Å². The Hall–Kier alpha value is -3.99. The topological polar surface area (TPSA) is 280 Å². The molecule has 0 aliphatic carbocycles. The van der Waals surface area contributed by atoms with Crippen molar-refractivity contribution >= 4 is 41.4 Å². The molecular weight excluding hydrogens is 776 g/mol. The molecule has 0 bridgehead atoms. The van der Waals surface area contributed by atoms with Crippen LogP contribution in [0, 0.1) is 17.8 Å². The SMILES string of the molecule is CCC(C)CC1CCC(O)(C(C)(O)C(=O)NC2C(=O)N3NCCCC3C(=O)N(O)C(C)C(=O)NCC(=O)N3NCCCC3C(=O)N(O)C(C)C(=O)OC2C(C)C)OC1C. The summed E-state index contributed by atoms with van der Waals surface area (Å²) in [5, 5.41) is 52.4. The summed E-state index contributed by atoms with van der Waals surface area (Å²) in [5.74, 6) is -10.4. The van der Waals surface area contributed by atoms with Crippen LogP contribution in [0.1, 0.15) is 107 Å². The summed E-state index contributed by atoms with van der Waals surface area (Å²) in [6.07, 6.45) is 0.550. The van der Waals surface area contributed by atoms with E-state index >= 15 is 0 Å². The molecule has 21 nitrogen and oxygen atoms in total. The normalized spacial score (nSPS) is 34.1. The Balaban J connectivity index is 1.76. The van der Waals surface area contributed by atoms with Gasteiger partial charge in [-0.05, 0) is 84.0 Å². The lowest BCUT2D eigenvalue weighted by Crippen LogP contribution is -2.70. The number of hydrogen-bond acceptors (Lipinski definition) is 15. The van der Waals surface area contributed by atoms with Gasteiger partial charge in [-0.15, -0.1) is 0 Å². The molecule has 4 saturated heterocycles. The molecule has 4 fully saturated rings. The third-order valence-electron chi connectivity index (χ3n) is 12.2. The van der Waals surface area contributed by atoms with Gasteiger partial charge >= 0.3 is 5.97 Å². The number of amides is 6. The molecule has 0 saturated carbocycles. The summed E-state index contributed by atoms with van der Waals surface area (Å²) >= 11 is 0. The van der Waals surface area contributed by atoms with Crippen LogP contribution in [0.3, 0.4) is 0 Å². The van der Waals surface area contributed by atoms with E-state index in [1.807, 2.05) is 0 Å². The number of ether oxygens (including phenoxy) is 2. The van der Waals surface area contributed by atoms with Gasteiger partial charge in [-0.3, -0.25) is 49.2 Å². The minimum absolute atomic E-state index is 0.0268. The number of carbonyl (C=O) groups excluding carboxylic acids is 7. The first-order chi connectivity index (χ1) is 27.6. The van der Waals surface area contributed by atoms with Crippen LogP contribution in [0.25, 0.3) is 0 Å². The van der Waals surface area contributed by atoms with Crippen molar-refractivity contribution in [2.75, 3.05) is 19.6 Å². The number of carbonyl (C=O) groups is 7. The average Bonchev–Trinajstić information content (AvgIpc) is 3.22. The van der Waals surface area contributed by atoms with Crippen LogP contribution in [0.2, 0.25) is 0 Å². The first-order valence-corrected chi connectivity index (χ1v) is 20.7. The Morgan fingerprint density at radius 3 is 2.02 bits per heavy atom. The molecule has 334 valence electrons. The van der Waals surface area contributed by atoms with Gasteiger partial charge in [0.2, 0.25) is 11.7 Å². The number of aliphatic hydroxyl groups is 2. The molecule has 4 aliphatic rings. The van der Waals surface area contributed by atoms with Crippen LogP contribution in [-0.4, -0.2) is 156 Å². The highest BCUT2D eigenvalue weighted by molar-refractivity contribution is 5.97. The molecule has 59 heavy (non-hydrogen) atoms. The summed E-state index contributed by atoms with van der Waals surface area (Å²) in [7, 11) is 0. The van der Waals surface area contributed by atoms with E-state index < -0.39 is 108 Å². The van der Waals surface area contributed by atoms with Crippen LogP contribution in [0.5, 0.6) is 0 Å². The lowest BCUT2D eigenvalue weighted by molar-refractivity contribution is -0.326. The number of cyclic esters (lactones) is 1. The molecule has 4 rings (SSSR count). The Morgan fingerprint density at radius 1 is 0.898 bits per heavy atom. The summed E-state index contributed by atoms with van der Waals surface area (Å²) in [4.78, 5) is 96.8. The van der Waals surface area contributed by atoms with Gasteiger partial charge in [0.15, 0.2) is 11.6 Å². The van der Waals surface area contributed by atoms with Crippen molar-refractivity contribution < 1.29 is 63.7 Å². The molecule has 8 N–H and O–H groups in total. The number of hydrazine groups is 2. The fraction of sp³-hybridized carbons (Fsp3) is 0.816. The number of hydrogen-bond donors (Lipinski definition) is 8. The smallest absolute Gasteiger partial charge is 0.331 e. The molecular formula is C38H64N8O13. The van der Waals surface area contributed by atoms with Crippen molar-refractivity contribution in [2.24, 2.45) is 17.8 Å². The predicted octanol–water partition coefficient (Wildman–Crippen LogP) is -0.936. The second-order valence-corrected chi connectivity index (χ2v) is 16.9. The van der Waals surface area contributed by atoms with Crippen LogP contribution >= 0.6 is 0 Å². The lowest BCUT2D eigenvalue weighted by atomic mass is 9.79. The van der Waals surface area contributed by atoms with Gasteiger partial charge < -0.3 is 30.3 Å². The maximum absolute atomic E-state index is 14.8. The number of esters is 1. The molecule has 6 amide bonds. The van der Waals surface area contributed by atoms with E-state index in [1.165, 1.54) is 6.92 Å². The van der Waals surface area contributed by atoms with Crippen LogP contribution in [-0.2, 0) is 43.0 Å². The zero-order chi connectivity index (χ0) is 44.1. The van der Waals surface area contributed by atoms with Gasteiger partial charge in [-0.1, -0.05) is 34.1 Å². The predicted molar refractivity (Wildman–Crippen MR) is 205 cm³/mol. The highest BCUT2D eigenvalue weighted by atomic mass is 16.6. The highest BCUT2D eigenvalue weighted by Gasteiger charge is 2.57. The van der Waals surface area contributed by atoms with E-state index in [4.69, 9.17) is 9.47 Å². The molecule has 0 radical (unpaired) electrons. The summed E-state index contributed by atoms with van der Waals surface area (Å²) < 4.78 is 11.8. The van der Waals surface area contributed by atoms with Crippen molar-refractivity contribution in [1.29, 1.82) is 0 Å². The molecule has 4 heterocycles. The van der Waals surface area contributed by atoms with E-state index in [0.29, 0.717) is 25.2 Å². The van der Waals surface area contributed by atoms with Crippen molar-refractivity contribution in [2.45, 2.75) is 161 Å². The summed E-state index contributed by atoms with van der Waals surface area (Å²) in [5.41, 5.74) is 2.85. The standard InChI is InChI=1S/C38H64N8O13/c1-9-21(4)18-25-14-15-38(55,59-24(25)7)37(8,54)36(53)42-29-30(20(2)3)58-35(52)23(6)46(57)32(49)26-12-10-16-40-43(26)28(47)19-39-31(48)22(5)45(56)33(50)27-13-11-17-41-44(27)34(29)51/h20-27,29-30,40-41,54-57H,9-19H2,1-8H3,(H,39,48)(H,42,53). The second kappa shape index (κ2) is 19.6. The number of nitrogens with zero attached hydrogens (tertiary/aromatic N) is 4. The van der Waals surface area contributed by atoms with Crippen LogP contribution < -0.4 is 21.5 Å². The fourth-order valence-electron chi connectivity index (χ4n) is 7.87. The molecule has 4 aliphatic heterocycles. The van der Waals surface area contributed by atoms with E-state index in [0.717, 1.165) is 36.7 Å². The molecule has 0 aromatic rings. The Morgan fingerprint density at radius 2 is 1.46 bits per heavy atom. The monoisotopic (exact) mass is 840 g/mol. The molecule has 0 aromatic heterocycles. The van der Waals surface area contributed by atoms with E-state index in [1.54, 1.807) is 20.8 Å². The number of nitrogens with one attached hydrogen (secondary N) is 4. The van der Waals surface area contributed by atoms with Gasteiger partial charge in [0, 0.05) is 19.5 Å². The molecule has 21 heteroatoms. The third-order valence-corrected chi connectivity index (χ3v) is 12.2. The number of rotatable bonds is 7. The number of hydroxylamine groups is 4. The summed E-state index contributed by atoms with van der Waals surface area (Å²) in [6, 6.07) is -8.05. The Kier molecular flexibility index (Phi) is 15.8. The van der Waals surface area contributed by atoms with Crippen LogP contribution in [0.15, 0.2) is 0 Å². The highest BCUT2D eigenvalue weighted by Crippen LogP contribution is 2.40. The second-order valence-electron chi connectivity index (χ2n) is 16.9.